The molecule has 0 aromatic rings. The van der Waals surface area contributed by atoms with Crippen molar-refractivity contribution in [2.75, 3.05) is 19.6 Å². The van der Waals surface area contributed by atoms with Crippen LogP contribution in [0.15, 0.2) is 0 Å². The zero-order valence-electron chi connectivity index (χ0n) is 7.47. The SMILES string of the molecule is NCC#CC12CCCN1CCC2. The topological polar surface area (TPSA) is 29.3 Å². The summed E-state index contributed by atoms with van der Waals surface area (Å²) in [7, 11) is 0. The molecule has 0 saturated carbocycles. The minimum absolute atomic E-state index is 0.249. The molecule has 0 radical (unpaired) electrons. The first-order chi connectivity index (χ1) is 5.87. The van der Waals surface area contributed by atoms with Crippen LogP contribution in [0.4, 0.5) is 0 Å². The second-order valence-corrected chi connectivity index (χ2v) is 3.73. The molecule has 0 bridgehead atoms. The first-order valence-corrected chi connectivity index (χ1v) is 4.82. The Morgan fingerprint density at radius 3 is 2.50 bits per heavy atom. The van der Waals surface area contributed by atoms with Gasteiger partial charge in [-0.05, 0) is 38.8 Å². The van der Waals surface area contributed by atoms with Crippen LogP contribution in [0.25, 0.3) is 0 Å². The van der Waals surface area contributed by atoms with E-state index in [9.17, 15) is 0 Å². The molecule has 0 aromatic heterocycles. The van der Waals surface area contributed by atoms with E-state index in [1.807, 2.05) is 0 Å². The number of nitrogens with two attached hydrogens (primary N) is 1. The highest BCUT2D eigenvalue weighted by Gasteiger charge is 2.42. The second kappa shape index (κ2) is 3.08. The third-order valence-corrected chi connectivity index (χ3v) is 3.07. The summed E-state index contributed by atoms with van der Waals surface area (Å²) in [6.45, 7) is 3.01. The maximum Gasteiger partial charge on any atom is 0.0827 e. The molecule has 66 valence electrons. The molecular formula is C10H16N2. The fourth-order valence-corrected chi connectivity index (χ4v) is 2.53. The molecule has 2 heteroatoms. The van der Waals surface area contributed by atoms with Gasteiger partial charge in [-0.25, -0.2) is 0 Å². The van der Waals surface area contributed by atoms with Crippen molar-refractivity contribution >= 4 is 0 Å². The molecule has 0 unspecified atom stereocenters. The average Bonchev–Trinajstić information content (AvgIpc) is 2.58. The summed E-state index contributed by atoms with van der Waals surface area (Å²) in [4.78, 5) is 2.54. The Morgan fingerprint density at radius 2 is 1.92 bits per heavy atom. The number of rotatable bonds is 0. The van der Waals surface area contributed by atoms with Crippen LogP contribution in [-0.4, -0.2) is 30.1 Å². The summed E-state index contributed by atoms with van der Waals surface area (Å²) < 4.78 is 0. The van der Waals surface area contributed by atoms with Crippen molar-refractivity contribution in [3.05, 3.63) is 0 Å². The lowest BCUT2D eigenvalue weighted by Crippen LogP contribution is -2.36. The highest BCUT2D eigenvalue weighted by Crippen LogP contribution is 2.37. The molecule has 0 aromatic carbocycles. The fraction of sp³-hybridized carbons (Fsp3) is 0.800. The molecule has 2 aliphatic rings. The van der Waals surface area contributed by atoms with E-state index in [0.29, 0.717) is 6.54 Å². The normalized spacial score (nSPS) is 26.4. The van der Waals surface area contributed by atoms with Gasteiger partial charge in [0.1, 0.15) is 0 Å². The fourth-order valence-electron chi connectivity index (χ4n) is 2.53. The van der Waals surface area contributed by atoms with E-state index in [0.717, 1.165) is 0 Å². The van der Waals surface area contributed by atoms with Gasteiger partial charge >= 0.3 is 0 Å². The van der Waals surface area contributed by atoms with Crippen molar-refractivity contribution < 1.29 is 0 Å². The lowest BCUT2D eigenvalue weighted by atomic mass is 9.95. The molecular weight excluding hydrogens is 148 g/mol. The second-order valence-electron chi connectivity index (χ2n) is 3.73. The molecule has 12 heavy (non-hydrogen) atoms. The summed E-state index contributed by atoms with van der Waals surface area (Å²) in [5, 5.41) is 0. The Labute approximate surface area is 74.1 Å². The third-order valence-electron chi connectivity index (χ3n) is 3.07. The van der Waals surface area contributed by atoms with E-state index in [-0.39, 0.29) is 5.54 Å². The van der Waals surface area contributed by atoms with Gasteiger partial charge in [0.05, 0.1) is 12.1 Å². The van der Waals surface area contributed by atoms with Crippen LogP contribution in [0, 0.1) is 11.8 Å². The largest absolute Gasteiger partial charge is 0.320 e. The van der Waals surface area contributed by atoms with Gasteiger partial charge in [0, 0.05) is 0 Å². The molecule has 2 aliphatic heterocycles. The lowest BCUT2D eigenvalue weighted by Gasteiger charge is -2.25. The quantitative estimate of drug-likeness (QED) is 0.531. The van der Waals surface area contributed by atoms with Crippen LogP contribution in [0.2, 0.25) is 0 Å². The molecule has 0 amide bonds. The number of hydrogen-bond acceptors (Lipinski definition) is 2. The monoisotopic (exact) mass is 164 g/mol. The highest BCUT2D eigenvalue weighted by molar-refractivity contribution is 5.23. The standard InChI is InChI=1S/C10H16N2/c11-7-1-4-10-5-2-8-12(10)9-3-6-10/h2-3,5-9,11H2. The Balaban J connectivity index is 2.16. The van der Waals surface area contributed by atoms with E-state index < -0.39 is 0 Å². The van der Waals surface area contributed by atoms with Crippen molar-refractivity contribution in [2.24, 2.45) is 5.73 Å². The van der Waals surface area contributed by atoms with Gasteiger partial charge in [-0.2, -0.15) is 0 Å². The Kier molecular flexibility index (Phi) is 2.08. The molecule has 0 spiro atoms. The summed E-state index contributed by atoms with van der Waals surface area (Å²) in [6.07, 6.45) is 5.17. The van der Waals surface area contributed by atoms with Gasteiger partial charge < -0.3 is 5.73 Å². The van der Waals surface area contributed by atoms with E-state index >= 15 is 0 Å². The van der Waals surface area contributed by atoms with E-state index in [1.165, 1.54) is 38.8 Å². The highest BCUT2D eigenvalue weighted by atomic mass is 15.2. The first-order valence-electron chi connectivity index (χ1n) is 4.82. The van der Waals surface area contributed by atoms with Crippen LogP contribution in [0.1, 0.15) is 25.7 Å². The van der Waals surface area contributed by atoms with Gasteiger partial charge in [0.25, 0.3) is 0 Å². The summed E-state index contributed by atoms with van der Waals surface area (Å²) in [6, 6.07) is 0. The predicted molar refractivity (Wildman–Crippen MR) is 49.6 cm³/mol. The van der Waals surface area contributed by atoms with Gasteiger partial charge in [0.2, 0.25) is 0 Å². The summed E-state index contributed by atoms with van der Waals surface area (Å²) in [5.41, 5.74) is 5.64. The smallest absolute Gasteiger partial charge is 0.0827 e. The third kappa shape index (κ3) is 1.14. The van der Waals surface area contributed by atoms with Crippen molar-refractivity contribution in [1.29, 1.82) is 0 Å². The average molecular weight is 164 g/mol. The van der Waals surface area contributed by atoms with Gasteiger partial charge in [0.15, 0.2) is 0 Å². The lowest BCUT2D eigenvalue weighted by molar-refractivity contribution is 0.261. The number of fused-ring (bicyclic) bond motifs is 1. The minimum Gasteiger partial charge on any atom is -0.320 e. The van der Waals surface area contributed by atoms with Crippen molar-refractivity contribution in [2.45, 2.75) is 31.2 Å². The molecule has 2 N–H and O–H groups in total. The molecule has 2 nitrogen and oxygen atoms in total. The number of hydrogen-bond donors (Lipinski definition) is 1. The van der Waals surface area contributed by atoms with Gasteiger partial charge in [-0.1, -0.05) is 11.8 Å². The van der Waals surface area contributed by atoms with Crippen molar-refractivity contribution in [1.82, 2.24) is 4.90 Å². The molecule has 2 rings (SSSR count). The van der Waals surface area contributed by atoms with Crippen molar-refractivity contribution in [3.63, 3.8) is 0 Å². The predicted octanol–water partition coefficient (Wildman–Crippen LogP) is 0.577. The maximum atomic E-state index is 5.39. The Bertz CT molecular complexity index is 214. The zero-order chi connectivity index (χ0) is 8.44. The van der Waals surface area contributed by atoms with Crippen molar-refractivity contribution in [3.8, 4) is 11.8 Å². The molecule has 2 fully saturated rings. The van der Waals surface area contributed by atoms with Gasteiger partial charge in [-0.15, -0.1) is 0 Å². The minimum atomic E-state index is 0.249. The Morgan fingerprint density at radius 1 is 1.25 bits per heavy atom. The molecule has 0 aliphatic carbocycles. The van der Waals surface area contributed by atoms with Crippen LogP contribution in [0.3, 0.4) is 0 Å². The van der Waals surface area contributed by atoms with E-state index in [4.69, 9.17) is 5.73 Å². The van der Waals surface area contributed by atoms with Crippen LogP contribution in [0.5, 0.6) is 0 Å². The summed E-state index contributed by atoms with van der Waals surface area (Å²) >= 11 is 0. The Hall–Kier alpha value is -0.520. The van der Waals surface area contributed by atoms with E-state index in [2.05, 4.69) is 16.7 Å². The van der Waals surface area contributed by atoms with E-state index in [1.54, 1.807) is 0 Å². The number of nitrogens with zero attached hydrogens (tertiary/aromatic N) is 1. The maximum absolute atomic E-state index is 5.39. The summed E-state index contributed by atoms with van der Waals surface area (Å²) in [5.74, 6) is 6.40. The first kappa shape index (κ1) is 8.10. The molecule has 0 atom stereocenters. The zero-order valence-corrected chi connectivity index (χ0v) is 7.47. The van der Waals surface area contributed by atoms with Gasteiger partial charge in [-0.3, -0.25) is 4.90 Å². The molecule has 2 saturated heterocycles. The van der Waals surface area contributed by atoms with Crippen LogP contribution in [-0.2, 0) is 0 Å². The molecule has 2 heterocycles. The van der Waals surface area contributed by atoms with Crippen LogP contribution < -0.4 is 5.73 Å². The van der Waals surface area contributed by atoms with Crippen LogP contribution >= 0.6 is 0 Å².